The van der Waals surface area contributed by atoms with Gasteiger partial charge in [-0.3, -0.25) is 9.08 Å². The van der Waals surface area contributed by atoms with Gasteiger partial charge in [-0.1, -0.05) is 24.3 Å². The molecular weight excluding hydrogens is 302 g/mol. The lowest BCUT2D eigenvalue weighted by Crippen LogP contribution is -2.45. The fourth-order valence-electron chi connectivity index (χ4n) is 2.35. The Hall–Kier alpha value is -2.13. The van der Waals surface area contributed by atoms with Crippen LogP contribution >= 0.6 is 0 Å². The molecule has 1 heterocycles. The zero-order valence-corrected chi connectivity index (χ0v) is 11.8. The highest BCUT2D eigenvalue weighted by atomic mass is 32.2. The molecule has 1 aromatic carbocycles. The van der Waals surface area contributed by atoms with E-state index in [1.807, 2.05) is 0 Å². The number of hydrogen-bond acceptors (Lipinski definition) is 5. The van der Waals surface area contributed by atoms with Crippen LogP contribution < -0.4 is 0 Å². The monoisotopic (exact) mass is 315 g/mol. The molecule has 0 aromatic heterocycles. The van der Waals surface area contributed by atoms with Gasteiger partial charge in [0, 0.05) is 0 Å². The van der Waals surface area contributed by atoms with Crippen molar-refractivity contribution in [2.75, 3.05) is 12.8 Å². The molecule has 1 amide bonds. The minimum absolute atomic E-state index is 0.201. The summed E-state index contributed by atoms with van der Waals surface area (Å²) in [6.45, 7) is -0.379. The summed E-state index contributed by atoms with van der Waals surface area (Å²) in [5.41, 5.74) is 0.556. The second kappa shape index (κ2) is 5.34. The summed E-state index contributed by atoms with van der Waals surface area (Å²) in [6.07, 6.45) is -1.67. The fraction of sp³-hybridized carbons (Fsp3) is 0.333. The van der Waals surface area contributed by atoms with Crippen LogP contribution in [0.25, 0.3) is 0 Å². The van der Waals surface area contributed by atoms with Crippen LogP contribution in [0.3, 0.4) is 0 Å². The van der Waals surface area contributed by atoms with E-state index in [-0.39, 0.29) is 12.1 Å². The lowest BCUT2D eigenvalue weighted by Gasteiger charge is -2.36. The van der Waals surface area contributed by atoms with E-state index in [1.54, 1.807) is 12.1 Å². The maximum Gasteiger partial charge on any atom is 0.408 e. The number of fused-ring (bicyclic) bond motifs is 1. The number of amides is 1. The van der Waals surface area contributed by atoms with Crippen molar-refractivity contribution in [1.29, 1.82) is 0 Å². The van der Waals surface area contributed by atoms with Crippen LogP contribution in [0.1, 0.15) is 23.3 Å². The fourth-order valence-corrected chi connectivity index (χ4v) is 2.94. The van der Waals surface area contributed by atoms with Gasteiger partial charge in [-0.25, -0.2) is 9.59 Å². The minimum Gasteiger partial charge on any atom is -0.479 e. The highest BCUT2D eigenvalue weighted by Gasteiger charge is 2.41. The molecule has 0 fully saturated rings. The molecule has 0 aliphatic carbocycles. The van der Waals surface area contributed by atoms with Gasteiger partial charge in [-0.05, 0) is 11.1 Å². The molecule has 0 unspecified atom stereocenters. The summed E-state index contributed by atoms with van der Waals surface area (Å²) in [5.74, 6) is -1.33. The van der Waals surface area contributed by atoms with Gasteiger partial charge < -0.3 is 10.2 Å². The third-order valence-electron chi connectivity index (χ3n) is 3.08. The van der Waals surface area contributed by atoms with Crippen molar-refractivity contribution < 1.29 is 32.4 Å². The van der Waals surface area contributed by atoms with Crippen molar-refractivity contribution >= 4 is 22.2 Å². The number of carbonyl (C=O) groups is 2. The Bertz CT molecular complexity index is 685. The van der Waals surface area contributed by atoms with Crippen LogP contribution in [-0.4, -0.2) is 48.4 Å². The molecule has 2 N–H and O–H groups in total. The standard InChI is InChI=1S/C12H13NO7S/c1-21(18,19)20-9-6-13(12(16)17)10(11(14)15)8-5-3-2-4-7(8)9/h2-5,9-10H,6H2,1H3,(H,14,15)(H,16,17)/t9-,10+/m0/s1. The molecule has 2 rings (SSSR count). The van der Waals surface area contributed by atoms with Crippen molar-refractivity contribution in [3.63, 3.8) is 0 Å². The van der Waals surface area contributed by atoms with Crippen molar-refractivity contribution in [2.24, 2.45) is 0 Å². The highest BCUT2D eigenvalue weighted by molar-refractivity contribution is 7.86. The van der Waals surface area contributed by atoms with E-state index in [4.69, 9.17) is 9.29 Å². The van der Waals surface area contributed by atoms with Gasteiger partial charge in [-0.2, -0.15) is 8.42 Å². The van der Waals surface area contributed by atoms with Crippen molar-refractivity contribution in [1.82, 2.24) is 4.90 Å². The van der Waals surface area contributed by atoms with E-state index < -0.39 is 34.3 Å². The van der Waals surface area contributed by atoms with Crippen LogP contribution in [0.5, 0.6) is 0 Å². The Morgan fingerprint density at radius 3 is 2.29 bits per heavy atom. The molecule has 1 aromatic rings. The topological polar surface area (TPSA) is 121 Å². The molecule has 8 nitrogen and oxygen atoms in total. The molecule has 0 bridgehead atoms. The van der Waals surface area contributed by atoms with Crippen LogP contribution in [0.4, 0.5) is 4.79 Å². The smallest absolute Gasteiger partial charge is 0.408 e. The van der Waals surface area contributed by atoms with E-state index in [0.717, 1.165) is 6.26 Å². The summed E-state index contributed by atoms with van der Waals surface area (Å²) in [6, 6.07) is 4.74. The number of carboxylic acid groups (broad SMARTS) is 2. The number of nitrogens with zero attached hydrogens (tertiary/aromatic N) is 1. The Balaban J connectivity index is 2.55. The third kappa shape index (κ3) is 3.14. The van der Waals surface area contributed by atoms with Crippen LogP contribution in [0.15, 0.2) is 24.3 Å². The molecule has 2 atom stereocenters. The first kappa shape index (κ1) is 15.3. The SMILES string of the molecule is CS(=O)(=O)O[C@H]1CN(C(=O)O)[C@@H](C(=O)O)c2ccccc21. The zero-order valence-electron chi connectivity index (χ0n) is 11.0. The summed E-state index contributed by atoms with van der Waals surface area (Å²) < 4.78 is 27.5. The van der Waals surface area contributed by atoms with Crippen LogP contribution in [0, 0.1) is 0 Å². The predicted molar refractivity (Wildman–Crippen MR) is 70.2 cm³/mol. The molecule has 0 spiro atoms. The maximum atomic E-state index is 11.4. The number of benzene rings is 1. The summed E-state index contributed by atoms with van der Waals surface area (Å²) in [7, 11) is -3.82. The molecule has 0 saturated carbocycles. The first-order chi connectivity index (χ1) is 9.70. The molecule has 0 radical (unpaired) electrons. The highest BCUT2D eigenvalue weighted by Crippen LogP contribution is 2.37. The molecule has 1 aliphatic rings. The summed E-state index contributed by atoms with van der Waals surface area (Å²) in [4.78, 5) is 23.3. The first-order valence-electron chi connectivity index (χ1n) is 5.90. The Kier molecular flexibility index (Phi) is 3.88. The van der Waals surface area contributed by atoms with Crippen molar-refractivity contribution in [3.05, 3.63) is 35.4 Å². The molecular formula is C12H13NO7S. The Labute approximate surface area is 120 Å². The van der Waals surface area contributed by atoms with E-state index in [2.05, 4.69) is 0 Å². The number of rotatable bonds is 3. The molecule has 114 valence electrons. The predicted octanol–water partition coefficient (Wildman–Crippen LogP) is 0.823. The quantitative estimate of drug-likeness (QED) is 0.792. The second-order valence-corrected chi connectivity index (χ2v) is 6.19. The molecule has 9 heteroatoms. The van der Waals surface area contributed by atoms with Crippen LogP contribution in [0.2, 0.25) is 0 Å². The van der Waals surface area contributed by atoms with Gasteiger partial charge in [-0.15, -0.1) is 0 Å². The number of hydrogen-bond donors (Lipinski definition) is 2. The molecule has 0 saturated heterocycles. The second-order valence-electron chi connectivity index (χ2n) is 4.59. The lowest BCUT2D eigenvalue weighted by molar-refractivity contribution is -0.143. The number of aliphatic carboxylic acids is 1. The maximum absolute atomic E-state index is 11.4. The normalized spacial score (nSPS) is 21.7. The summed E-state index contributed by atoms with van der Waals surface area (Å²) >= 11 is 0. The van der Waals surface area contributed by atoms with Gasteiger partial charge in [0.05, 0.1) is 12.8 Å². The van der Waals surface area contributed by atoms with Gasteiger partial charge >= 0.3 is 12.1 Å². The van der Waals surface area contributed by atoms with Crippen molar-refractivity contribution in [3.8, 4) is 0 Å². The van der Waals surface area contributed by atoms with Gasteiger partial charge in [0.1, 0.15) is 6.10 Å². The van der Waals surface area contributed by atoms with Crippen LogP contribution in [-0.2, 0) is 19.1 Å². The van der Waals surface area contributed by atoms with E-state index in [1.165, 1.54) is 12.1 Å². The Morgan fingerprint density at radius 2 is 1.81 bits per heavy atom. The van der Waals surface area contributed by atoms with Gasteiger partial charge in [0.15, 0.2) is 6.04 Å². The Morgan fingerprint density at radius 1 is 1.24 bits per heavy atom. The molecule has 21 heavy (non-hydrogen) atoms. The van der Waals surface area contributed by atoms with Gasteiger partial charge in [0.25, 0.3) is 10.1 Å². The first-order valence-corrected chi connectivity index (χ1v) is 7.72. The summed E-state index contributed by atoms with van der Waals surface area (Å²) in [5, 5.41) is 18.4. The van der Waals surface area contributed by atoms with Crippen molar-refractivity contribution in [2.45, 2.75) is 12.1 Å². The van der Waals surface area contributed by atoms with Gasteiger partial charge in [0.2, 0.25) is 0 Å². The molecule has 1 aliphatic heterocycles. The minimum atomic E-state index is -3.82. The van der Waals surface area contributed by atoms with E-state index in [9.17, 15) is 23.1 Å². The largest absolute Gasteiger partial charge is 0.479 e. The average Bonchev–Trinajstić information content (AvgIpc) is 2.36. The van der Waals surface area contributed by atoms with E-state index >= 15 is 0 Å². The van der Waals surface area contributed by atoms with E-state index in [0.29, 0.717) is 10.5 Å². The average molecular weight is 315 g/mol. The lowest BCUT2D eigenvalue weighted by atomic mass is 9.91. The third-order valence-corrected chi connectivity index (χ3v) is 3.66. The zero-order chi connectivity index (χ0) is 15.8. The number of carboxylic acids is 1.